The molecular weight excluding hydrogens is 270 g/mol. The highest BCUT2D eigenvalue weighted by Gasteiger charge is 2.29. The highest BCUT2D eigenvalue weighted by atomic mass is 16.4. The minimum absolute atomic E-state index is 0.0982. The van der Waals surface area contributed by atoms with Gasteiger partial charge in [0.05, 0.1) is 11.3 Å². The van der Waals surface area contributed by atoms with Gasteiger partial charge < -0.3 is 15.3 Å². The fourth-order valence-electron chi connectivity index (χ4n) is 2.54. The number of hydrogen-bond donors (Lipinski definition) is 2. The van der Waals surface area contributed by atoms with Crippen molar-refractivity contribution in [2.24, 2.45) is 0 Å². The molecule has 2 atom stereocenters. The summed E-state index contributed by atoms with van der Waals surface area (Å²) in [4.78, 5) is 27.5. The first-order valence-electron chi connectivity index (χ1n) is 7.00. The molecule has 2 rings (SSSR count). The van der Waals surface area contributed by atoms with Gasteiger partial charge in [-0.3, -0.25) is 4.90 Å². The van der Waals surface area contributed by atoms with Crippen LogP contribution in [0.3, 0.4) is 0 Å². The maximum Gasteiger partial charge on any atom is 0.337 e. The van der Waals surface area contributed by atoms with Gasteiger partial charge in [-0.2, -0.15) is 0 Å². The quantitative estimate of drug-likeness (QED) is 0.873. The molecule has 2 N–H and O–H groups in total. The molecule has 1 aromatic rings. The predicted octanol–water partition coefficient (Wildman–Crippen LogP) is 1.94. The zero-order chi connectivity index (χ0) is 15.6. The molecule has 2 amide bonds. The van der Waals surface area contributed by atoms with Gasteiger partial charge in [-0.1, -0.05) is 12.1 Å². The highest BCUT2D eigenvalue weighted by molar-refractivity contribution is 6.00. The highest BCUT2D eigenvalue weighted by Crippen LogP contribution is 2.18. The zero-order valence-electron chi connectivity index (χ0n) is 12.5. The Hall–Kier alpha value is -2.08. The Morgan fingerprint density at radius 2 is 1.76 bits per heavy atom. The number of anilines is 1. The molecule has 1 saturated heterocycles. The van der Waals surface area contributed by atoms with Gasteiger partial charge in [0, 0.05) is 25.2 Å². The second-order valence-corrected chi connectivity index (χ2v) is 5.55. The molecule has 0 saturated carbocycles. The van der Waals surface area contributed by atoms with E-state index in [0.29, 0.717) is 18.8 Å². The number of benzene rings is 1. The van der Waals surface area contributed by atoms with Crippen LogP contribution in [-0.4, -0.2) is 59.1 Å². The Balaban J connectivity index is 2.10. The molecule has 6 nitrogen and oxygen atoms in total. The van der Waals surface area contributed by atoms with Gasteiger partial charge in [0.25, 0.3) is 0 Å². The Kier molecular flexibility index (Phi) is 4.47. The summed E-state index contributed by atoms with van der Waals surface area (Å²) in [6.07, 6.45) is 0. The van der Waals surface area contributed by atoms with Crippen LogP contribution in [0.1, 0.15) is 24.2 Å². The van der Waals surface area contributed by atoms with E-state index in [0.717, 1.165) is 0 Å². The minimum Gasteiger partial charge on any atom is -0.478 e. The largest absolute Gasteiger partial charge is 0.478 e. The lowest BCUT2D eigenvalue weighted by Gasteiger charge is -2.42. The summed E-state index contributed by atoms with van der Waals surface area (Å²) in [5.41, 5.74) is 0.426. The number of nitrogens with zero attached hydrogens (tertiary/aromatic N) is 2. The maximum absolute atomic E-state index is 12.3. The first-order chi connectivity index (χ1) is 9.90. The van der Waals surface area contributed by atoms with Crippen LogP contribution in [0, 0.1) is 0 Å². The van der Waals surface area contributed by atoms with Gasteiger partial charge in [-0.05, 0) is 33.0 Å². The molecule has 2 unspecified atom stereocenters. The summed E-state index contributed by atoms with van der Waals surface area (Å²) in [7, 11) is 2.05. The molecule has 0 aliphatic carbocycles. The summed E-state index contributed by atoms with van der Waals surface area (Å²) in [6, 6.07) is 6.72. The van der Waals surface area contributed by atoms with Crippen molar-refractivity contribution in [1.82, 2.24) is 9.80 Å². The number of nitrogens with one attached hydrogen (secondary N) is 1. The van der Waals surface area contributed by atoms with Gasteiger partial charge in [0.15, 0.2) is 0 Å². The Morgan fingerprint density at radius 1 is 1.19 bits per heavy atom. The number of hydrogen-bond acceptors (Lipinski definition) is 3. The van der Waals surface area contributed by atoms with Crippen LogP contribution in [0.25, 0.3) is 0 Å². The van der Waals surface area contributed by atoms with E-state index in [2.05, 4.69) is 24.1 Å². The molecule has 1 aliphatic heterocycles. The van der Waals surface area contributed by atoms with Crippen LogP contribution in [0.5, 0.6) is 0 Å². The smallest absolute Gasteiger partial charge is 0.337 e. The van der Waals surface area contributed by atoms with E-state index in [4.69, 9.17) is 5.11 Å². The van der Waals surface area contributed by atoms with E-state index in [1.54, 1.807) is 23.1 Å². The van der Waals surface area contributed by atoms with E-state index >= 15 is 0 Å². The average molecular weight is 291 g/mol. The third kappa shape index (κ3) is 3.33. The number of carbonyl (C=O) groups is 2. The third-order valence-electron chi connectivity index (χ3n) is 4.05. The topological polar surface area (TPSA) is 72.9 Å². The number of piperazine rings is 1. The molecule has 0 bridgehead atoms. The van der Waals surface area contributed by atoms with Crippen molar-refractivity contribution in [3.8, 4) is 0 Å². The predicted molar refractivity (Wildman–Crippen MR) is 80.7 cm³/mol. The van der Waals surface area contributed by atoms with Crippen molar-refractivity contribution in [2.45, 2.75) is 25.9 Å². The van der Waals surface area contributed by atoms with Crippen LogP contribution in [0.4, 0.5) is 10.5 Å². The molecule has 114 valence electrons. The first-order valence-corrected chi connectivity index (χ1v) is 7.00. The number of carboxylic acids is 1. The lowest BCUT2D eigenvalue weighted by atomic mass is 10.1. The van der Waals surface area contributed by atoms with Crippen molar-refractivity contribution < 1.29 is 14.7 Å². The van der Waals surface area contributed by atoms with Crippen LogP contribution in [0.2, 0.25) is 0 Å². The van der Waals surface area contributed by atoms with Crippen molar-refractivity contribution in [1.29, 1.82) is 0 Å². The second kappa shape index (κ2) is 6.13. The van der Waals surface area contributed by atoms with Gasteiger partial charge in [-0.15, -0.1) is 0 Å². The molecule has 0 aromatic heterocycles. The van der Waals surface area contributed by atoms with Crippen molar-refractivity contribution in [2.75, 3.05) is 25.5 Å². The molecular formula is C15H21N3O3. The zero-order valence-corrected chi connectivity index (χ0v) is 12.5. The standard InChI is InChI=1S/C15H21N3O3/c1-10-8-18(9-11(2)17(10)3)15(21)16-13-7-5-4-6-12(13)14(19)20/h4-7,10-11H,8-9H2,1-3H3,(H,16,21)(H,19,20). The van der Waals surface area contributed by atoms with Crippen molar-refractivity contribution >= 4 is 17.7 Å². The second-order valence-electron chi connectivity index (χ2n) is 5.55. The van der Waals surface area contributed by atoms with Gasteiger partial charge >= 0.3 is 12.0 Å². The maximum atomic E-state index is 12.3. The van der Waals surface area contributed by atoms with Crippen molar-refractivity contribution in [3.05, 3.63) is 29.8 Å². The molecule has 1 aliphatic rings. The Labute approximate surface area is 124 Å². The number of amides is 2. The summed E-state index contributed by atoms with van der Waals surface area (Å²) >= 11 is 0. The van der Waals surface area contributed by atoms with E-state index in [1.165, 1.54) is 6.07 Å². The summed E-state index contributed by atoms with van der Waals surface area (Å²) in [5.74, 6) is -1.05. The van der Waals surface area contributed by atoms with E-state index in [1.807, 2.05) is 7.05 Å². The normalized spacial score (nSPS) is 22.9. The summed E-state index contributed by atoms with van der Waals surface area (Å²) in [6.45, 7) is 5.39. The van der Waals surface area contributed by atoms with Gasteiger partial charge in [-0.25, -0.2) is 9.59 Å². The number of carbonyl (C=O) groups excluding carboxylic acids is 1. The Morgan fingerprint density at radius 3 is 2.33 bits per heavy atom. The minimum atomic E-state index is -1.05. The van der Waals surface area contributed by atoms with Gasteiger partial charge in [0.1, 0.15) is 0 Å². The molecule has 6 heteroatoms. The fourth-order valence-corrected chi connectivity index (χ4v) is 2.54. The van der Waals surface area contributed by atoms with Crippen LogP contribution >= 0.6 is 0 Å². The number of likely N-dealkylation sites (N-methyl/N-ethyl adjacent to an activating group) is 1. The van der Waals surface area contributed by atoms with Crippen molar-refractivity contribution in [3.63, 3.8) is 0 Å². The fraction of sp³-hybridized carbons (Fsp3) is 0.467. The molecule has 0 spiro atoms. The van der Waals surface area contributed by atoms with Crippen LogP contribution in [0.15, 0.2) is 24.3 Å². The van der Waals surface area contributed by atoms with E-state index < -0.39 is 5.97 Å². The monoisotopic (exact) mass is 291 g/mol. The average Bonchev–Trinajstić information content (AvgIpc) is 2.44. The molecule has 21 heavy (non-hydrogen) atoms. The number of rotatable bonds is 2. The first kappa shape index (κ1) is 15.3. The Bertz CT molecular complexity index is 535. The lowest BCUT2D eigenvalue weighted by Crippen LogP contribution is -2.57. The number of urea groups is 1. The van der Waals surface area contributed by atoms with Crippen LogP contribution in [-0.2, 0) is 0 Å². The number of carboxylic acid groups (broad SMARTS) is 1. The lowest BCUT2D eigenvalue weighted by molar-refractivity contribution is 0.0697. The summed E-state index contributed by atoms with van der Waals surface area (Å²) in [5, 5.41) is 11.8. The van der Waals surface area contributed by atoms with Crippen LogP contribution < -0.4 is 5.32 Å². The summed E-state index contributed by atoms with van der Waals surface area (Å²) < 4.78 is 0. The SMILES string of the molecule is CC1CN(C(=O)Nc2ccccc2C(=O)O)CC(C)N1C. The number of aromatic carboxylic acids is 1. The molecule has 1 heterocycles. The molecule has 1 aromatic carbocycles. The third-order valence-corrected chi connectivity index (χ3v) is 4.05. The molecule has 1 fully saturated rings. The van der Waals surface area contributed by atoms with E-state index in [-0.39, 0.29) is 23.7 Å². The molecule has 0 radical (unpaired) electrons. The van der Waals surface area contributed by atoms with Gasteiger partial charge in [0.2, 0.25) is 0 Å². The van der Waals surface area contributed by atoms with E-state index in [9.17, 15) is 9.59 Å². The number of para-hydroxylation sites is 1.